The zero-order valence-corrected chi connectivity index (χ0v) is 12.0. The first-order valence-electron chi connectivity index (χ1n) is 6.57. The van der Waals surface area contributed by atoms with Crippen LogP contribution in [-0.4, -0.2) is 26.3 Å². The highest BCUT2D eigenvalue weighted by Gasteiger charge is 2.15. The first kappa shape index (κ1) is 13.7. The van der Waals surface area contributed by atoms with Crippen molar-refractivity contribution in [2.45, 2.75) is 34.1 Å². The Morgan fingerprint density at radius 2 is 2.00 bits per heavy atom. The third kappa shape index (κ3) is 2.81. The van der Waals surface area contributed by atoms with Crippen molar-refractivity contribution in [2.75, 3.05) is 6.54 Å². The Bertz CT molecular complexity index is 573. The molecule has 0 saturated heterocycles. The summed E-state index contributed by atoms with van der Waals surface area (Å²) in [6.45, 7) is 8.92. The molecule has 102 valence electrons. The Labute approximate surface area is 113 Å². The minimum absolute atomic E-state index is 0.460. The Morgan fingerprint density at radius 1 is 1.26 bits per heavy atom. The van der Waals surface area contributed by atoms with Crippen molar-refractivity contribution in [2.24, 2.45) is 11.7 Å². The molecule has 2 rings (SSSR count). The summed E-state index contributed by atoms with van der Waals surface area (Å²) in [6.07, 6.45) is 2.53. The Balaban J connectivity index is 2.41. The van der Waals surface area contributed by atoms with E-state index in [0.717, 1.165) is 29.3 Å². The van der Waals surface area contributed by atoms with Crippen LogP contribution in [0.2, 0.25) is 0 Å². The molecule has 2 heterocycles. The van der Waals surface area contributed by atoms with Gasteiger partial charge in [-0.1, -0.05) is 6.92 Å². The highest BCUT2D eigenvalue weighted by atomic mass is 15.3. The van der Waals surface area contributed by atoms with Crippen LogP contribution < -0.4 is 5.73 Å². The van der Waals surface area contributed by atoms with Gasteiger partial charge < -0.3 is 5.73 Å². The minimum Gasteiger partial charge on any atom is -0.330 e. The maximum absolute atomic E-state index is 5.71. The molecule has 0 radical (unpaired) electrons. The van der Waals surface area contributed by atoms with Crippen LogP contribution in [0.25, 0.3) is 5.82 Å². The molecule has 0 fully saturated rings. The van der Waals surface area contributed by atoms with Gasteiger partial charge in [-0.3, -0.25) is 0 Å². The van der Waals surface area contributed by atoms with Crippen molar-refractivity contribution in [3.05, 3.63) is 35.0 Å². The zero-order chi connectivity index (χ0) is 14.0. The SMILES string of the molecule is Cc1cc(-n2nc(C)c(CC(C)CN)c2C)ncn1. The van der Waals surface area contributed by atoms with E-state index in [9.17, 15) is 0 Å². The molecule has 1 unspecified atom stereocenters. The fourth-order valence-corrected chi connectivity index (χ4v) is 2.18. The third-order valence-electron chi connectivity index (χ3n) is 3.40. The molecule has 5 nitrogen and oxygen atoms in total. The van der Waals surface area contributed by atoms with E-state index in [-0.39, 0.29) is 0 Å². The largest absolute Gasteiger partial charge is 0.330 e. The summed E-state index contributed by atoms with van der Waals surface area (Å²) in [6, 6.07) is 1.94. The molecule has 1 atom stereocenters. The lowest BCUT2D eigenvalue weighted by Gasteiger charge is -2.09. The van der Waals surface area contributed by atoms with Crippen molar-refractivity contribution >= 4 is 0 Å². The smallest absolute Gasteiger partial charge is 0.157 e. The molecule has 2 aromatic rings. The Morgan fingerprint density at radius 3 is 2.63 bits per heavy atom. The van der Waals surface area contributed by atoms with Crippen LogP contribution in [0.1, 0.15) is 29.6 Å². The van der Waals surface area contributed by atoms with Crippen LogP contribution in [-0.2, 0) is 6.42 Å². The van der Waals surface area contributed by atoms with Crippen LogP contribution in [0.3, 0.4) is 0 Å². The fraction of sp³-hybridized carbons (Fsp3) is 0.500. The van der Waals surface area contributed by atoms with E-state index in [2.05, 4.69) is 28.9 Å². The molecule has 5 heteroatoms. The number of aromatic nitrogens is 4. The normalized spacial score (nSPS) is 12.7. The first-order chi connectivity index (χ1) is 9.02. The molecule has 2 N–H and O–H groups in total. The van der Waals surface area contributed by atoms with Crippen LogP contribution in [0.15, 0.2) is 12.4 Å². The van der Waals surface area contributed by atoms with Crippen LogP contribution in [0.4, 0.5) is 0 Å². The zero-order valence-electron chi connectivity index (χ0n) is 12.0. The molecule has 0 aromatic carbocycles. The van der Waals surface area contributed by atoms with E-state index in [0.29, 0.717) is 12.5 Å². The molecular formula is C14H21N5. The third-order valence-corrected chi connectivity index (χ3v) is 3.40. The lowest BCUT2D eigenvalue weighted by atomic mass is 10.00. The summed E-state index contributed by atoms with van der Waals surface area (Å²) in [5, 5.41) is 4.59. The second-order valence-electron chi connectivity index (χ2n) is 5.12. The van der Waals surface area contributed by atoms with Gasteiger partial charge in [-0.2, -0.15) is 5.10 Å². The number of hydrogen-bond acceptors (Lipinski definition) is 4. The topological polar surface area (TPSA) is 69.6 Å². The maximum Gasteiger partial charge on any atom is 0.157 e. The molecule has 0 aliphatic carbocycles. The highest BCUT2D eigenvalue weighted by Crippen LogP contribution is 2.19. The van der Waals surface area contributed by atoms with Crippen molar-refractivity contribution in [3.63, 3.8) is 0 Å². The van der Waals surface area contributed by atoms with E-state index >= 15 is 0 Å². The second-order valence-corrected chi connectivity index (χ2v) is 5.12. The van der Waals surface area contributed by atoms with Crippen molar-refractivity contribution in [3.8, 4) is 5.82 Å². The number of nitrogens with two attached hydrogens (primary N) is 1. The van der Waals surface area contributed by atoms with Crippen LogP contribution >= 0.6 is 0 Å². The summed E-state index contributed by atoms with van der Waals surface area (Å²) in [7, 11) is 0. The van der Waals surface area contributed by atoms with Gasteiger partial charge in [0.15, 0.2) is 5.82 Å². The molecular weight excluding hydrogens is 238 g/mol. The molecule has 0 spiro atoms. The summed E-state index contributed by atoms with van der Waals surface area (Å²) in [5.41, 5.74) is 10.1. The Hall–Kier alpha value is -1.75. The molecule has 0 aliphatic heterocycles. The van der Waals surface area contributed by atoms with E-state index in [4.69, 9.17) is 5.73 Å². The summed E-state index contributed by atoms with van der Waals surface area (Å²) in [4.78, 5) is 8.41. The average Bonchev–Trinajstić information content (AvgIpc) is 2.66. The number of nitrogens with zero attached hydrogens (tertiary/aromatic N) is 4. The standard InChI is InChI=1S/C14H21N5/c1-9(7-15)5-13-11(3)18-19(12(13)4)14-6-10(2)16-8-17-14/h6,8-9H,5,7,15H2,1-4H3. The van der Waals surface area contributed by atoms with Gasteiger partial charge in [-0.25, -0.2) is 14.6 Å². The van der Waals surface area contributed by atoms with Gasteiger partial charge in [0.25, 0.3) is 0 Å². The van der Waals surface area contributed by atoms with Crippen LogP contribution in [0.5, 0.6) is 0 Å². The molecule has 0 aliphatic rings. The summed E-state index contributed by atoms with van der Waals surface area (Å²) < 4.78 is 1.89. The van der Waals surface area contributed by atoms with Gasteiger partial charge in [-0.15, -0.1) is 0 Å². The van der Waals surface area contributed by atoms with Gasteiger partial charge in [0.05, 0.1) is 5.69 Å². The quantitative estimate of drug-likeness (QED) is 0.907. The van der Waals surface area contributed by atoms with E-state index < -0.39 is 0 Å². The predicted molar refractivity (Wildman–Crippen MR) is 75.3 cm³/mol. The van der Waals surface area contributed by atoms with E-state index in [1.165, 1.54) is 5.56 Å². The van der Waals surface area contributed by atoms with E-state index in [1.54, 1.807) is 6.33 Å². The molecule has 0 saturated carbocycles. The fourth-order valence-electron chi connectivity index (χ4n) is 2.18. The highest BCUT2D eigenvalue weighted by molar-refractivity contribution is 5.33. The van der Waals surface area contributed by atoms with Crippen molar-refractivity contribution < 1.29 is 0 Å². The molecule has 19 heavy (non-hydrogen) atoms. The van der Waals surface area contributed by atoms with Gasteiger partial charge in [0.1, 0.15) is 6.33 Å². The van der Waals surface area contributed by atoms with E-state index in [1.807, 2.05) is 24.6 Å². The monoisotopic (exact) mass is 259 g/mol. The minimum atomic E-state index is 0.460. The molecule has 0 bridgehead atoms. The van der Waals surface area contributed by atoms with Gasteiger partial charge in [0.2, 0.25) is 0 Å². The average molecular weight is 259 g/mol. The maximum atomic E-state index is 5.71. The lowest BCUT2D eigenvalue weighted by molar-refractivity contribution is 0.589. The Kier molecular flexibility index (Phi) is 3.95. The van der Waals surface area contributed by atoms with Gasteiger partial charge >= 0.3 is 0 Å². The number of aryl methyl sites for hydroxylation is 2. The number of hydrogen-bond donors (Lipinski definition) is 1. The molecule has 0 amide bonds. The van der Waals surface area contributed by atoms with Crippen molar-refractivity contribution in [1.82, 2.24) is 19.7 Å². The lowest BCUT2D eigenvalue weighted by Crippen LogP contribution is -2.14. The summed E-state index contributed by atoms with van der Waals surface area (Å²) in [5.74, 6) is 1.28. The van der Waals surface area contributed by atoms with Gasteiger partial charge in [0, 0.05) is 17.5 Å². The van der Waals surface area contributed by atoms with Crippen LogP contribution in [0, 0.1) is 26.7 Å². The van der Waals surface area contributed by atoms with Crippen molar-refractivity contribution in [1.29, 1.82) is 0 Å². The second kappa shape index (κ2) is 5.48. The predicted octanol–water partition coefficient (Wildman–Crippen LogP) is 1.72. The molecule has 2 aromatic heterocycles. The van der Waals surface area contributed by atoms with Gasteiger partial charge in [-0.05, 0) is 45.2 Å². The summed E-state index contributed by atoms with van der Waals surface area (Å²) >= 11 is 0. The number of rotatable bonds is 4. The first-order valence-corrected chi connectivity index (χ1v) is 6.57.